The van der Waals surface area contributed by atoms with E-state index in [4.69, 9.17) is 9.84 Å². The molecule has 0 aromatic carbocycles. The SMILES string of the molecule is C=CCCCCCCCCCCCCCCC(CC(=O)O)C(=O)OCCC. The average Bonchev–Trinajstić information content (AvgIpc) is 2.65. The molecule has 4 heteroatoms. The van der Waals surface area contributed by atoms with Crippen molar-refractivity contribution in [2.24, 2.45) is 5.92 Å². The fraction of sp³-hybridized carbons (Fsp3) is 0.826. The zero-order valence-corrected chi connectivity index (χ0v) is 17.6. The summed E-state index contributed by atoms with van der Waals surface area (Å²) in [5.41, 5.74) is 0. The van der Waals surface area contributed by atoms with Crippen LogP contribution in [0.5, 0.6) is 0 Å². The lowest BCUT2D eigenvalue weighted by Gasteiger charge is -2.13. The molecule has 1 N–H and O–H groups in total. The topological polar surface area (TPSA) is 63.6 Å². The van der Waals surface area contributed by atoms with Crippen LogP contribution < -0.4 is 0 Å². The quantitative estimate of drug-likeness (QED) is 0.145. The highest BCUT2D eigenvalue weighted by Crippen LogP contribution is 2.18. The summed E-state index contributed by atoms with van der Waals surface area (Å²) in [5.74, 6) is -1.75. The highest BCUT2D eigenvalue weighted by atomic mass is 16.5. The molecule has 0 fully saturated rings. The minimum absolute atomic E-state index is 0.115. The standard InChI is InChI=1S/C23H42O4/c1-3-5-6-7-8-9-10-11-12-13-14-15-16-17-18-21(20-22(24)25)23(26)27-19-4-2/h3,21H,1,4-20H2,2H3,(H,24,25). The molecular weight excluding hydrogens is 340 g/mol. The number of carbonyl (C=O) groups excluding carboxylic acids is 1. The fourth-order valence-electron chi connectivity index (χ4n) is 3.28. The first kappa shape index (κ1) is 25.7. The largest absolute Gasteiger partial charge is 0.481 e. The number of carboxylic acids is 1. The predicted octanol–water partition coefficient (Wildman–Crippen LogP) is 6.68. The second-order valence-electron chi connectivity index (χ2n) is 7.57. The Hall–Kier alpha value is -1.32. The molecule has 0 aromatic heterocycles. The Morgan fingerprint density at radius 3 is 1.81 bits per heavy atom. The third-order valence-corrected chi connectivity index (χ3v) is 4.91. The highest BCUT2D eigenvalue weighted by Gasteiger charge is 2.22. The Morgan fingerprint density at radius 2 is 1.37 bits per heavy atom. The van der Waals surface area contributed by atoms with Gasteiger partial charge < -0.3 is 9.84 Å². The number of ether oxygens (including phenoxy) is 1. The summed E-state index contributed by atoms with van der Waals surface area (Å²) in [6.07, 6.45) is 19.4. The van der Waals surface area contributed by atoms with Crippen molar-refractivity contribution < 1.29 is 19.4 Å². The number of carbonyl (C=O) groups is 2. The number of rotatable bonds is 20. The number of hydrogen-bond acceptors (Lipinski definition) is 3. The molecule has 4 nitrogen and oxygen atoms in total. The second kappa shape index (κ2) is 19.4. The van der Waals surface area contributed by atoms with Crippen LogP contribution in [0.2, 0.25) is 0 Å². The first-order valence-corrected chi connectivity index (χ1v) is 11.1. The Bertz CT molecular complexity index is 379. The van der Waals surface area contributed by atoms with Crippen LogP contribution in [0.3, 0.4) is 0 Å². The number of aliphatic carboxylic acids is 1. The van der Waals surface area contributed by atoms with Gasteiger partial charge in [0.1, 0.15) is 0 Å². The highest BCUT2D eigenvalue weighted by molar-refractivity contribution is 5.79. The number of allylic oxidation sites excluding steroid dienone is 1. The summed E-state index contributed by atoms with van der Waals surface area (Å²) < 4.78 is 5.12. The second-order valence-corrected chi connectivity index (χ2v) is 7.57. The van der Waals surface area contributed by atoms with Crippen LogP contribution in [0.1, 0.15) is 110 Å². The molecule has 0 saturated heterocycles. The lowest BCUT2D eigenvalue weighted by molar-refractivity contribution is -0.153. The van der Waals surface area contributed by atoms with E-state index in [9.17, 15) is 9.59 Å². The van der Waals surface area contributed by atoms with Crippen molar-refractivity contribution in [3.63, 3.8) is 0 Å². The summed E-state index contributed by atoms with van der Waals surface area (Å²) in [6, 6.07) is 0. The van der Waals surface area contributed by atoms with Crippen molar-refractivity contribution in [1.82, 2.24) is 0 Å². The summed E-state index contributed by atoms with van der Waals surface area (Å²) in [7, 11) is 0. The van der Waals surface area contributed by atoms with Crippen molar-refractivity contribution in [2.45, 2.75) is 110 Å². The van der Waals surface area contributed by atoms with Crippen molar-refractivity contribution >= 4 is 11.9 Å². The molecule has 0 rings (SSSR count). The summed E-state index contributed by atoms with van der Waals surface area (Å²) in [4.78, 5) is 22.8. The van der Waals surface area contributed by atoms with Gasteiger partial charge in [-0.2, -0.15) is 0 Å². The van der Waals surface area contributed by atoms with E-state index in [0.29, 0.717) is 13.0 Å². The van der Waals surface area contributed by atoms with E-state index >= 15 is 0 Å². The normalized spacial score (nSPS) is 11.9. The molecular formula is C23H42O4. The molecule has 1 unspecified atom stereocenters. The Labute approximate surface area is 166 Å². The van der Waals surface area contributed by atoms with Crippen molar-refractivity contribution in [3.05, 3.63) is 12.7 Å². The minimum atomic E-state index is -0.922. The van der Waals surface area contributed by atoms with E-state index in [0.717, 1.165) is 25.7 Å². The van der Waals surface area contributed by atoms with Gasteiger partial charge in [-0.25, -0.2) is 0 Å². The van der Waals surface area contributed by atoms with Crippen LogP contribution in [0, 0.1) is 5.92 Å². The molecule has 27 heavy (non-hydrogen) atoms. The van der Waals surface area contributed by atoms with E-state index in [1.165, 1.54) is 64.2 Å². The van der Waals surface area contributed by atoms with E-state index < -0.39 is 11.9 Å². The lowest BCUT2D eigenvalue weighted by atomic mass is 9.97. The van der Waals surface area contributed by atoms with Gasteiger partial charge in [0.05, 0.1) is 18.9 Å². The zero-order chi connectivity index (χ0) is 20.2. The van der Waals surface area contributed by atoms with E-state index in [2.05, 4.69) is 6.58 Å². The molecule has 1 atom stereocenters. The number of hydrogen-bond donors (Lipinski definition) is 1. The molecule has 0 amide bonds. The molecule has 158 valence electrons. The average molecular weight is 383 g/mol. The maximum absolute atomic E-state index is 11.9. The Kier molecular flexibility index (Phi) is 18.5. The van der Waals surface area contributed by atoms with Crippen molar-refractivity contribution in [3.8, 4) is 0 Å². The minimum Gasteiger partial charge on any atom is -0.481 e. The Balaban J connectivity index is 3.54. The zero-order valence-electron chi connectivity index (χ0n) is 17.6. The maximum atomic E-state index is 11.9. The number of carboxylic acid groups (broad SMARTS) is 1. The molecule has 0 radical (unpaired) electrons. The summed E-state index contributed by atoms with van der Waals surface area (Å²) in [6.45, 7) is 6.06. The monoisotopic (exact) mass is 382 g/mol. The molecule has 0 spiro atoms. The molecule has 0 aliphatic rings. The van der Waals surface area contributed by atoms with Crippen LogP contribution in [-0.2, 0) is 14.3 Å². The number of esters is 1. The number of unbranched alkanes of at least 4 members (excludes halogenated alkanes) is 12. The van der Waals surface area contributed by atoms with E-state index in [1.807, 2.05) is 13.0 Å². The van der Waals surface area contributed by atoms with E-state index in [1.54, 1.807) is 0 Å². The van der Waals surface area contributed by atoms with Crippen molar-refractivity contribution in [2.75, 3.05) is 6.61 Å². The Morgan fingerprint density at radius 1 is 0.889 bits per heavy atom. The van der Waals surface area contributed by atoms with Gasteiger partial charge in [0.25, 0.3) is 0 Å². The van der Waals surface area contributed by atoms with Crippen LogP contribution in [0.4, 0.5) is 0 Å². The van der Waals surface area contributed by atoms with Crippen LogP contribution in [-0.4, -0.2) is 23.7 Å². The molecule has 0 bridgehead atoms. The van der Waals surface area contributed by atoms with Gasteiger partial charge in [-0.05, 0) is 25.7 Å². The maximum Gasteiger partial charge on any atom is 0.309 e. The van der Waals surface area contributed by atoms with Gasteiger partial charge in [-0.15, -0.1) is 6.58 Å². The third-order valence-electron chi connectivity index (χ3n) is 4.91. The van der Waals surface area contributed by atoms with Crippen molar-refractivity contribution in [1.29, 1.82) is 0 Å². The molecule has 0 heterocycles. The van der Waals surface area contributed by atoms with E-state index in [-0.39, 0.29) is 12.4 Å². The van der Waals surface area contributed by atoms with Crippen LogP contribution >= 0.6 is 0 Å². The molecule has 0 saturated carbocycles. The first-order chi connectivity index (χ1) is 13.1. The predicted molar refractivity (Wildman–Crippen MR) is 112 cm³/mol. The van der Waals surface area contributed by atoms with Gasteiger partial charge in [0.15, 0.2) is 0 Å². The molecule has 0 aromatic rings. The summed E-state index contributed by atoms with van der Waals surface area (Å²) >= 11 is 0. The van der Waals surface area contributed by atoms with Gasteiger partial charge in [-0.1, -0.05) is 83.6 Å². The molecule has 0 aliphatic carbocycles. The lowest BCUT2D eigenvalue weighted by Crippen LogP contribution is -2.21. The van der Waals surface area contributed by atoms with Gasteiger partial charge in [0.2, 0.25) is 0 Å². The van der Waals surface area contributed by atoms with Gasteiger partial charge in [-0.3, -0.25) is 9.59 Å². The first-order valence-electron chi connectivity index (χ1n) is 11.1. The van der Waals surface area contributed by atoms with Gasteiger partial charge >= 0.3 is 11.9 Å². The smallest absolute Gasteiger partial charge is 0.309 e. The third kappa shape index (κ3) is 17.8. The summed E-state index contributed by atoms with van der Waals surface area (Å²) in [5, 5.41) is 8.96. The molecule has 0 aliphatic heterocycles. The van der Waals surface area contributed by atoms with Crippen LogP contribution in [0.15, 0.2) is 12.7 Å². The fourth-order valence-corrected chi connectivity index (χ4v) is 3.28. The van der Waals surface area contributed by atoms with Crippen LogP contribution in [0.25, 0.3) is 0 Å². The van der Waals surface area contributed by atoms with Gasteiger partial charge in [0, 0.05) is 0 Å².